The molecule has 0 spiro atoms. The minimum atomic E-state index is -1.38. The van der Waals surface area contributed by atoms with Crippen LogP contribution in [0.2, 0.25) is 0 Å². The number of esters is 1. The molecule has 3 fully saturated rings. The molecule has 3 N–H and O–H groups in total. The molecule has 0 saturated carbocycles. The number of hydrogen-bond acceptors (Lipinski definition) is 10. The number of carbonyl (C=O) groups is 3. The lowest BCUT2D eigenvalue weighted by Gasteiger charge is -2.39. The van der Waals surface area contributed by atoms with Crippen molar-refractivity contribution in [1.82, 2.24) is 0 Å². The lowest BCUT2D eigenvalue weighted by Crippen LogP contribution is -2.49. The highest BCUT2D eigenvalue weighted by Gasteiger charge is 2.45. The predicted octanol–water partition coefficient (Wildman–Crippen LogP) is 7.01. The molecule has 58 heavy (non-hydrogen) atoms. The number of hydrogen-bond donors (Lipinski definition) is 3. The zero-order chi connectivity index (χ0) is 41.6. The van der Waals surface area contributed by atoms with Gasteiger partial charge in [0.2, 0.25) is 0 Å². The Morgan fingerprint density at radius 1 is 0.759 bits per heavy atom. The molecule has 11 nitrogen and oxygen atoms in total. The number of aliphatic hydroxyl groups excluding tert-OH is 2. The molecule has 0 aromatic heterocycles. The highest BCUT2D eigenvalue weighted by atomic mass is 16.6. The summed E-state index contributed by atoms with van der Waals surface area (Å²) in [5.41, 5.74) is 0.937. The highest BCUT2D eigenvalue weighted by Crippen LogP contribution is 2.38. The molecule has 1 unspecified atom stereocenters. The summed E-state index contributed by atoms with van der Waals surface area (Å²) in [4.78, 5) is 36.9. The standard InChI is InChI=1S/C47H64O11/c1-30(17-14-15-23-44(50)51)27-31(2)47-40-26-25-34(54-47)18-10-6-5-7-11-19-35(48)46(53)43-28-36(49)32(3)37(56-43)21-16-22-38-33(4)41-29-42(55-38)39(57-41)20-12-8-9-13-24-45(52)58-40/h6,8-13,16,19-20,22,24-27,30,32-34,36-43,46-47,49,53H,5,7,14-15,17-18,21,23,28-29H2,1-4H3,(H,50,51)/b9-8-,10-6+,19-11+,20-12+,22-16+,24-13-,31-27+/t30-,32-,33+,34+,36+,37-,38+,39-,40-,41-,42-,43-,46?,47+/m1/s1. The Balaban J connectivity index is 1.29. The van der Waals surface area contributed by atoms with Gasteiger partial charge in [0.1, 0.15) is 18.3 Å². The molecular weight excluding hydrogens is 741 g/mol. The number of carboxylic acid groups (broad SMARTS) is 1. The number of aliphatic hydroxyl groups is 2. The molecule has 0 aromatic carbocycles. The van der Waals surface area contributed by atoms with Crippen LogP contribution in [0.5, 0.6) is 0 Å². The van der Waals surface area contributed by atoms with Gasteiger partial charge in [-0.05, 0) is 69.1 Å². The monoisotopic (exact) mass is 804 g/mol. The van der Waals surface area contributed by atoms with Gasteiger partial charge in [-0.2, -0.15) is 0 Å². The zero-order valence-electron chi connectivity index (χ0n) is 34.4. The third-order valence-electron chi connectivity index (χ3n) is 11.8. The zero-order valence-corrected chi connectivity index (χ0v) is 34.4. The summed E-state index contributed by atoms with van der Waals surface area (Å²) < 4.78 is 31.4. The molecule has 0 radical (unpaired) electrons. The Bertz CT molecular complexity index is 1620. The fourth-order valence-electron chi connectivity index (χ4n) is 8.28. The van der Waals surface area contributed by atoms with Crippen molar-refractivity contribution in [2.45, 2.75) is 159 Å². The van der Waals surface area contributed by atoms with Gasteiger partial charge in [0.05, 0.1) is 42.7 Å². The van der Waals surface area contributed by atoms with Crippen molar-refractivity contribution in [2.24, 2.45) is 17.8 Å². The number of unbranched alkanes of at least 4 members (excludes halogenated alkanes) is 1. The summed E-state index contributed by atoms with van der Waals surface area (Å²) in [5.74, 6) is -1.59. The molecule has 318 valence electrons. The SMILES string of the molecule is C/C(=C\[C@H](C)CCCCC(=O)O)[C@@H]1O[C@@H]2C=C[C@H]1OC(=O)\C=C/C=C\C=C\[C@H]1O[C@@H]3C[C@H]1O[C@@H](/C=C/C[C@H]1O[C@H](C[C@H](O)[C@H]1C)C(O)C(=O)/C=C/CC/C=C/C2)[C@@H]3C. The summed E-state index contributed by atoms with van der Waals surface area (Å²) in [6.07, 6.45) is 28.3. The average Bonchev–Trinajstić information content (AvgIpc) is 3.54. The van der Waals surface area contributed by atoms with Crippen molar-refractivity contribution < 1.29 is 53.4 Å². The molecule has 6 heterocycles. The maximum absolute atomic E-state index is 13.0. The molecule has 6 aliphatic heterocycles. The number of aliphatic carboxylic acids is 1. The largest absolute Gasteiger partial charge is 0.481 e. The van der Waals surface area contributed by atoms with Crippen molar-refractivity contribution in [3.63, 3.8) is 0 Å². The van der Waals surface area contributed by atoms with Gasteiger partial charge in [0.15, 0.2) is 11.9 Å². The Morgan fingerprint density at radius 3 is 2.34 bits per heavy atom. The van der Waals surface area contributed by atoms with Crippen LogP contribution in [0.15, 0.2) is 96.7 Å². The van der Waals surface area contributed by atoms with Crippen LogP contribution in [0.3, 0.4) is 0 Å². The highest BCUT2D eigenvalue weighted by molar-refractivity contribution is 5.93. The van der Waals surface area contributed by atoms with Crippen molar-refractivity contribution in [3.8, 4) is 0 Å². The molecule has 6 rings (SSSR count). The predicted molar refractivity (Wildman–Crippen MR) is 221 cm³/mol. The summed E-state index contributed by atoms with van der Waals surface area (Å²) in [5, 5.41) is 30.8. The van der Waals surface area contributed by atoms with E-state index in [0.29, 0.717) is 32.1 Å². The number of carbonyl (C=O) groups excluding carboxylic acids is 2. The first-order valence-electron chi connectivity index (χ1n) is 21.2. The number of fused-ring (bicyclic) bond motifs is 13. The van der Waals surface area contributed by atoms with E-state index in [1.54, 1.807) is 18.2 Å². The first-order chi connectivity index (χ1) is 27.9. The Morgan fingerprint density at radius 2 is 1.53 bits per heavy atom. The van der Waals surface area contributed by atoms with Gasteiger partial charge >= 0.3 is 11.9 Å². The first-order valence-corrected chi connectivity index (χ1v) is 21.2. The number of ether oxygens (including phenoxy) is 5. The van der Waals surface area contributed by atoms with Crippen molar-refractivity contribution in [1.29, 1.82) is 0 Å². The van der Waals surface area contributed by atoms with E-state index in [-0.39, 0.29) is 67.2 Å². The van der Waals surface area contributed by atoms with Gasteiger partial charge < -0.3 is 39.0 Å². The maximum atomic E-state index is 13.0. The molecule has 7 bridgehead atoms. The van der Waals surface area contributed by atoms with E-state index in [1.165, 1.54) is 12.2 Å². The van der Waals surface area contributed by atoms with E-state index < -0.39 is 48.2 Å². The van der Waals surface area contributed by atoms with E-state index in [4.69, 9.17) is 28.8 Å². The van der Waals surface area contributed by atoms with E-state index in [0.717, 1.165) is 24.8 Å². The van der Waals surface area contributed by atoms with Gasteiger partial charge in [-0.3, -0.25) is 9.59 Å². The number of rotatable bonds is 7. The van der Waals surface area contributed by atoms with Crippen molar-refractivity contribution in [3.05, 3.63) is 96.7 Å². The lowest BCUT2D eigenvalue weighted by atomic mass is 9.86. The summed E-state index contributed by atoms with van der Waals surface area (Å²) in [7, 11) is 0. The van der Waals surface area contributed by atoms with Crippen LogP contribution in [-0.2, 0) is 38.1 Å². The molecule has 3 saturated heterocycles. The van der Waals surface area contributed by atoms with Gasteiger partial charge in [0, 0.05) is 37.2 Å². The second-order valence-corrected chi connectivity index (χ2v) is 16.5. The van der Waals surface area contributed by atoms with E-state index >= 15 is 0 Å². The topological polar surface area (TPSA) is 158 Å². The van der Waals surface area contributed by atoms with Crippen LogP contribution in [0.25, 0.3) is 0 Å². The number of allylic oxidation sites excluding steroid dienone is 7. The number of ketones is 1. The summed E-state index contributed by atoms with van der Waals surface area (Å²) in [6, 6.07) is 0. The van der Waals surface area contributed by atoms with Crippen molar-refractivity contribution in [2.75, 3.05) is 0 Å². The second kappa shape index (κ2) is 22.6. The molecule has 6 aliphatic rings. The van der Waals surface area contributed by atoms with Gasteiger partial charge in [-0.25, -0.2) is 4.79 Å². The average molecular weight is 805 g/mol. The molecule has 0 aliphatic carbocycles. The van der Waals surface area contributed by atoms with Crippen LogP contribution in [0, 0.1) is 17.8 Å². The van der Waals surface area contributed by atoms with E-state index in [9.17, 15) is 24.6 Å². The quantitative estimate of drug-likeness (QED) is 0.138. The Kier molecular flexibility index (Phi) is 17.7. The minimum Gasteiger partial charge on any atom is -0.481 e. The Hall–Kier alpha value is -3.71. The fourth-order valence-corrected chi connectivity index (χ4v) is 8.28. The third kappa shape index (κ3) is 13.4. The van der Waals surface area contributed by atoms with Gasteiger partial charge in [0.25, 0.3) is 0 Å². The van der Waals surface area contributed by atoms with Gasteiger partial charge in [-0.15, -0.1) is 0 Å². The van der Waals surface area contributed by atoms with Crippen LogP contribution >= 0.6 is 0 Å². The smallest absolute Gasteiger partial charge is 0.331 e. The number of carboxylic acids is 1. The molecule has 11 heteroatoms. The molecule has 0 aromatic rings. The normalized spacial score (nSPS) is 40.4. The fraction of sp³-hybridized carbons (Fsp3) is 0.596. The molecule has 0 amide bonds. The van der Waals surface area contributed by atoms with Crippen LogP contribution in [-0.4, -0.2) is 100 Å². The minimum absolute atomic E-state index is 0.0411. The third-order valence-corrected chi connectivity index (χ3v) is 11.8. The van der Waals surface area contributed by atoms with E-state index in [2.05, 4.69) is 19.9 Å². The first kappa shape index (κ1) is 45.4. The molecule has 14 atom stereocenters. The van der Waals surface area contributed by atoms with Crippen LogP contribution in [0.1, 0.15) is 91.9 Å². The maximum Gasteiger partial charge on any atom is 0.331 e. The lowest BCUT2D eigenvalue weighted by molar-refractivity contribution is -0.168. The summed E-state index contributed by atoms with van der Waals surface area (Å²) in [6.45, 7) is 8.10. The Labute approximate surface area is 343 Å². The van der Waals surface area contributed by atoms with Gasteiger partial charge in [-0.1, -0.05) is 100 Å². The van der Waals surface area contributed by atoms with E-state index in [1.807, 2.05) is 68.5 Å². The van der Waals surface area contributed by atoms with Crippen molar-refractivity contribution >= 4 is 17.7 Å². The summed E-state index contributed by atoms with van der Waals surface area (Å²) >= 11 is 0. The molecular formula is C47H64O11. The second-order valence-electron chi connectivity index (χ2n) is 16.5. The van der Waals surface area contributed by atoms with Crippen LogP contribution < -0.4 is 0 Å². The van der Waals surface area contributed by atoms with Crippen LogP contribution in [0.4, 0.5) is 0 Å².